The number of aromatic nitrogens is 1. The Morgan fingerprint density at radius 2 is 1.80 bits per heavy atom. The average Bonchev–Trinajstić information content (AvgIpc) is 2.67. The number of nitrogens with zero attached hydrogens (tertiary/aromatic N) is 1. The van der Waals surface area contributed by atoms with Crippen molar-refractivity contribution in [2.45, 2.75) is 31.8 Å². The molecule has 1 unspecified atom stereocenters. The number of benzene rings is 2. The molecule has 8 nitrogen and oxygen atoms in total. The Morgan fingerprint density at radius 1 is 1.10 bits per heavy atom. The van der Waals surface area contributed by atoms with Gasteiger partial charge in [-0.15, -0.1) is 0 Å². The summed E-state index contributed by atoms with van der Waals surface area (Å²) in [7, 11) is -3.91. The molecule has 0 spiro atoms. The number of ether oxygens (including phenoxy) is 1. The number of nitrogens with one attached hydrogen (secondary N) is 1. The number of hydrogen-bond acceptors (Lipinski definition) is 6. The molecule has 0 aliphatic carbocycles. The lowest BCUT2D eigenvalue weighted by atomic mass is 10.0. The number of aryl methyl sites for hydroxylation is 2. The fourth-order valence-corrected chi connectivity index (χ4v) is 3.66. The number of amides is 1. The number of esters is 1. The minimum atomic E-state index is -3.91. The van der Waals surface area contributed by atoms with Crippen molar-refractivity contribution < 1.29 is 22.7 Å². The Hall–Kier alpha value is -3.30. The molecule has 0 saturated carbocycles. The molecule has 30 heavy (non-hydrogen) atoms. The monoisotopic (exact) mass is 427 g/mol. The van der Waals surface area contributed by atoms with Crippen molar-refractivity contribution in [1.82, 2.24) is 4.98 Å². The van der Waals surface area contributed by atoms with Crippen LogP contribution in [0.5, 0.6) is 0 Å². The molecule has 1 aromatic heterocycles. The van der Waals surface area contributed by atoms with Gasteiger partial charge in [-0.25, -0.2) is 18.4 Å². The number of fused-ring (bicyclic) bond motifs is 1. The molecule has 1 atom stereocenters. The quantitative estimate of drug-likeness (QED) is 0.603. The fraction of sp³-hybridized carbons (Fsp3) is 0.190. The van der Waals surface area contributed by atoms with E-state index in [2.05, 4.69) is 10.3 Å². The van der Waals surface area contributed by atoms with E-state index in [4.69, 9.17) is 9.88 Å². The van der Waals surface area contributed by atoms with Gasteiger partial charge >= 0.3 is 5.97 Å². The Balaban J connectivity index is 1.78. The molecule has 0 radical (unpaired) electrons. The minimum Gasteiger partial charge on any atom is -0.449 e. The van der Waals surface area contributed by atoms with Crippen LogP contribution in [0.15, 0.2) is 53.4 Å². The van der Waals surface area contributed by atoms with E-state index in [1.54, 1.807) is 13.8 Å². The molecule has 1 amide bonds. The van der Waals surface area contributed by atoms with Crippen LogP contribution in [0.25, 0.3) is 10.9 Å². The largest absolute Gasteiger partial charge is 0.449 e. The zero-order chi connectivity index (χ0) is 22.1. The fourth-order valence-electron chi connectivity index (χ4n) is 3.10. The summed E-state index contributed by atoms with van der Waals surface area (Å²) in [4.78, 5) is 29.5. The maximum absolute atomic E-state index is 12.7. The summed E-state index contributed by atoms with van der Waals surface area (Å²) in [6, 6.07) is 12.9. The van der Waals surface area contributed by atoms with E-state index >= 15 is 0 Å². The topological polar surface area (TPSA) is 128 Å². The van der Waals surface area contributed by atoms with E-state index < -0.39 is 28.0 Å². The van der Waals surface area contributed by atoms with Crippen molar-refractivity contribution in [3.05, 3.63) is 65.4 Å². The van der Waals surface area contributed by atoms with Crippen molar-refractivity contribution in [1.29, 1.82) is 0 Å². The van der Waals surface area contributed by atoms with E-state index in [-0.39, 0.29) is 10.6 Å². The van der Waals surface area contributed by atoms with E-state index in [0.29, 0.717) is 11.3 Å². The van der Waals surface area contributed by atoms with Crippen LogP contribution >= 0.6 is 0 Å². The number of hydrogen-bond donors (Lipinski definition) is 2. The smallest absolute Gasteiger partial charge is 0.341 e. The SMILES string of the molecule is Cc1nc2ccccc2c(C)c1C(=O)OC(C)C(=O)Nc1cccc(S(N)(=O)=O)c1. The van der Waals surface area contributed by atoms with Gasteiger partial charge in [-0.3, -0.25) is 9.78 Å². The summed E-state index contributed by atoms with van der Waals surface area (Å²) in [5.74, 6) is -1.27. The zero-order valence-electron chi connectivity index (χ0n) is 16.7. The normalized spacial score (nSPS) is 12.4. The van der Waals surface area contributed by atoms with Gasteiger partial charge in [0.1, 0.15) is 0 Å². The molecule has 3 rings (SSSR count). The first-order valence-corrected chi connectivity index (χ1v) is 10.6. The molecule has 9 heteroatoms. The number of pyridine rings is 1. The van der Waals surface area contributed by atoms with Gasteiger partial charge in [0.15, 0.2) is 6.10 Å². The van der Waals surface area contributed by atoms with E-state index in [0.717, 1.165) is 16.5 Å². The van der Waals surface area contributed by atoms with Crippen LogP contribution in [0.3, 0.4) is 0 Å². The minimum absolute atomic E-state index is 0.140. The third-order valence-corrected chi connectivity index (χ3v) is 5.53. The maximum Gasteiger partial charge on any atom is 0.341 e. The molecular formula is C21H21N3O5S. The number of rotatable bonds is 5. The van der Waals surface area contributed by atoms with Gasteiger partial charge in [-0.05, 0) is 50.6 Å². The predicted octanol–water partition coefficient (Wildman–Crippen LogP) is 2.68. The second-order valence-electron chi connectivity index (χ2n) is 6.82. The van der Waals surface area contributed by atoms with Crippen LogP contribution in [0.2, 0.25) is 0 Å². The number of primary sulfonamides is 1. The highest BCUT2D eigenvalue weighted by atomic mass is 32.2. The van der Waals surface area contributed by atoms with Crippen LogP contribution in [0.4, 0.5) is 5.69 Å². The van der Waals surface area contributed by atoms with Crippen molar-refractivity contribution in [2.75, 3.05) is 5.32 Å². The highest BCUT2D eigenvalue weighted by Crippen LogP contribution is 2.23. The predicted molar refractivity (Wildman–Crippen MR) is 113 cm³/mol. The molecular weight excluding hydrogens is 406 g/mol. The van der Waals surface area contributed by atoms with Crippen molar-refractivity contribution in [2.24, 2.45) is 5.14 Å². The number of anilines is 1. The van der Waals surface area contributed by atoms with Crippen LogP contribution in [-0.4, -0.2) is 31.4 Å². The van der Waals surface area contributed by atoms with Gasteiger partial charge in [0, 0.05) is 11.1 Å². The lowest BCUT2D eigenvalue weighted by molar-refractivity contribution is -0.123. The summed E-state index contributed by atoms with van der Waals surface area (Å²) < 4.78 is 28.3. The Labute approximate surface area is 174 Å². The average molecular weight is 427 g/mol. The Bertz CT molecular complexity index is 1250. The number of para-hydroxylation sites is 1. The molecule has 0 fully saturated rings. The number of carbonyl (C=O) groups is 2. The number of sulfonamides is 1. The molecule has 3 aromatic rings. The highest BCUT2D eigenvalue weighted by Gasteiger charge is 2.23. The molecule has 1 heterocycles. The Kier molecular flexibility index (Phi) is 5.86. The molecule has 3 N–H and O–H groups in total. The van der Waals surface area contributed by atoms with Crippen LogP contribution < -0.4 is 10.5 Å². The van der Waals surface area contributed by atoms with Gasteiger partial charge < -0.3 is 10.1 Å². The van der Waals surface area contributed by atoms with Gasteiger partial charge in [0.2, 0.25) is 10.0 Å². The lowest BCUT2D eigenvalue weighted by Gasteiger charge is -2.16. The summed E-state index contributed by atoms with van der Waals surface area (Å²) in [6.45, 7) is 4.94. The second-order valence-corrected chi connectivity index (χ2v) is 8.39. The summed E-state index contributed by atoms with van der Waals surface area (Å²) >= 11 is 0. The molecule has 0 saturated heterocycles. The summed E-state index contributed by atoms with van der Waals surface area (Å²) in [6.07, 6.45) is -1.12. The molecule has 156 valence electrons. The van der Waals surface area contributed by atoms with E-state index in [1.807, 2.05) is 24.3 Å². The molecule has 2 aromatic carbocycles. The third-order valence-electron chi connectivity index (χ3n) is 4.62. The van der Waals surface area contributed by atoms with E-state index in [1.165, 1.54) is 31.2 Å². The zero-order valence-corrected chi connectivity index (χ0v) is 17.5. The molecule has 0 bridgehead atoms. The summed E-state index contributed by atoms with van der Waals surface area (Å²) in [5.41, 5.74) is 2.52. The molecule has 0 aliphatic rings. The third kappa shape index (κ3) is 4.47. The Morgan fingerprint density at radius 3 is 2.50 bits per heavy atom. The number of carbonyl (C=O) groups excluding carboxylic acids is 2. The van der Waals surface area contributed by atoms with Crippen molar-refractivity contribution in [3.8, 4) is 0 Å². The van der Waals surface area contributed by atoms with Gasteiger partial charge in [-0.1, -0.05) is 24.3 Å². The number of nitrogens with two attached hydrogens (primary N) is 1. The van der Waals surface area contributed by atoms with E-state index in [9.17, 15) is 18.0 Å². The van der Waals surface area contributed by atoms with Crippen LogP contribution in [0, 0.1) is 13.8 Å². The van der Waals surface area contributed by atoms with Gasteiger partial charge in [0.05, 0.1) is 21.7 Å². The lowest BCUT2D eigenvalue weighted by Crippen LogP contribution is -2.30. The first-order valence-electron chi connectivity index (χ1n) is 9.08. The van der Waals surface area contributed by atoms with Gasteiger partial charge in [-0.2, -0.15) is 0 Å². The molecule has 0 aliphatic heterocycles. The highest BCUT2D eigenvalue weighted by molar-refractivity contribution is 7.89. The first kappa shape index (κ1) is 21.4. The van der Waals surface area contributed by atoms with Crippen molar-refractivity contribution in [3.63, 3.8) is 0 Å². The maximum atomic E-state index is 12.7. The first-order chi connectivity index (χ1) is 14.1. The second kappa shape index (κ2) is 8.21. The van der Waals surface area contributed by atoms with Crippen LogP contribution in [-0.2, 0) is 19.6 Å². The van der Waals surface area contributed by atoms with Crippen LogP contribution in [0.1, 0.15) is 28.5 Å². The standard InChI is InChI=1S/C21H21N3O5S/c1-12-17-9-4-5-10-18(17)23-13(2)19(12)21(26)29-14(3)20(25)24-15-7-6-8-16(11-15)30(22,27)28/h4-11,14H,1-3H3,(H,24,25)(H2,22,27,28). The van der Waals surface area contributed by atoms with Crippen molar-refractivity contribution >= 4 is 38.5 Å². The van der Waals surface area contributed by atoms with Gasteiger partial charge in [0.25, 0.3) is 5.91 Å². The summed E-state index contributed by atoms with van der Waals surface area (Å²) in [5, 5.41) is 8.44.